The Morgan fingerprint density at radius 2 is 1.96 bits per heavy atom. The molecule has 0 unspecified atom stereocenters. The zero-order chi connectivity index (χ0) is 17.4. The highest BCUT2D eigenvalue weighted by Crippen LogP contribution is 2.28. The number of nitrogens with zero attached hydrogens (tertiary/aromatic N) is 7. The molecule has 4 rings (SSSR count). The van der Waals surface area contributed by atoms with Crippen LogP contribution in [0.3, 0.4) is 0 Å². The number of rotatable bonds is 3. The molecule has 8 nitrogen and oxygen atoms in total. The Kier molecular flexibility index (Phi) is 3.99. The van der Waals surface area contributed by atoms with Crippen molar-refractivity contribution >= 4 is 5.65 Å². The van der Waals surface area contributed by atoms with Crippen LogP contribution in [0, 0.1) is 0 Å². The molecule has 4 heterocycles. The summed E-state index contributed by atoms with van der Waals surface area (Å²) in [4.78, 5) is 2.37. The molecule has 0 amide bonds. The van der Waals surface area contributed by atoms with Crippen LogP contribution in [0.1, 0.15) is 56.7 Å². The van der Waals surface area contributed by atoms with E-state index in [1.54, 1.807) is 6.20 Å². The van der Waals surface area contributed by atoms with Crippen molar-refractivity contribution in [2.75, 3.05) is 13.1 Å². The number of piperidine rings is 1. The van der Waals surface area contributed by atoms with E-state index in [0.29, 0.717) is 5.92 Å². The van der Waals surface area contributed by atoms with Crippen molar-refractivity contribution in [3.63, 3.8) is 0 Å². The van der Waals surface area contributed by atoms with Gasteiger partial charge in [0, 0.05) is 17.9 Å². The quantitative estimate of drug-likeness (QED) is 0.722. The summed E-state index contributed by atoms with van der Waals surface area (Å²) in [6, 6.07) is 4.05. The number of fused-ring (bicyclic) bond motifs is 1. The van der Waals surface area contributed by atoms with Gasteiger partial charge in [-0.3, -0.25) is 4.90 Å². The van der Waals surface area contributed by atoms with E-state index in [4.69, 9.17) is 5.10 Å². The van der Waals surface area contributed by atoms with Crippen molar-refractivity contribution in [1.82, 2.24) is 35.0 Å². The van der Waals surface area contributed by atoms with Gasteiger partial charge in [-0.2, -0.15) is 9.61 Å². The molecule has 0 aliphatic carbocycles. The third-order valence-electron chi connectivity index (χ3n) is 4.80. The highest BCUT2D eigenvalue weighted by atomic mass is 16.6. The van der Waals surface area contributed by atoms with Crippen molar-refractivity contribution < 1.29 is 4.63 Å². The number of likely N-dealkylation sites (tertiary alicyclic amines) is 1. The minimum absolute atomic E-state index is 0.00469. The lowest BCUT2D eigenvalue weighted by Gasteiger charge is -2.30. The van der Waals surface area contributed by atoms with E-state index in [0.717, 1.165) is 55.3 Å². The topological polar surface area (TPSA) is 85.2 Å². The number of hydrogen-bond acceptors (Lipinski definition) is 7. The van der Waals surface area contributed by atoms with Crippen LogP contribution >= 0.6 is 0 Å². The monoisotopic (exact) mass is 341 g/mol. The molecule has 3 aromatic rings. The summed E-state index contributed by atoms with van der Waals surface area (Å²) in [7, 11) is 0. The summed E-state index contributed by atoms with van der Waals surface area (Å²) in [6.45, 7) is 9.27. The molecular formula is C17H23N7O. The molecule has 8 heteroatoms. The van der Waals surface area contributed by atoms with Gasteiger partial charge in [0.05, 0.1) is 11.9 Å². The van der Waals surface area contributed by atoms with Crippen molar-refractivity contribution in [3.05, 3.63) is 35.5 Å². The maximum absolute atomic E-state index is 4.81. The Labute approximate surface area is 146 Å². The molecule has 0 aromatic carbocycles. The van der Waals surface area contributed by atoms with Crippen LogP contribution in [0.5, 0.6) is 0 Å². The standard InChI is InChI=1S/C17H23N7O/c1-17(2,3)14-4-5-15-19-20-16(24(15)21-14)12-6-8-23(9-7-12)11-13-10-18-25-22-13/h4-5,10,12H,6-9,11H2,1-3H3. The van der Waals surface area contributed by atoms with E-state index < -0.39 is 0 Å². The molecule has 1 aliphatic heterocycles. The van der Waals surface area contributed by atoms with Gasteiger partial charge in [0.15, 0.2) is 11.5 Å². The van der Waals surface area contributed by atoms with Crippen molar-refractivity contribution in [3.8, 4) is 0 Å². The van der Waals surface area contributed by atoms with Crippen LogP contribution in [-0.2, 0) is 12.0 Å². The fraction of sp³-hybridized carbons (Fsp3) is 0.588. The highest BCUT2D eigenvalue weighted by molar-refractivity contribution is 5.37. The van der Waals surface area contributed by atoms with Crippen LogP contribution in [0.25, 0.3) is 5.65 Å². The first-order valence-electron chi connectivity index (χ1n) is 8.72. The third-order valence-corrected chi connectivity index (χ3v) is 4.80. The summed E-state index contributed by atoms with van der Waals surface area (Å²) < 4.78 is 6.60. The lowest BCUT2D eigenvalue weighted by atomic mass is 9.92. The fourth-order valence-electron chi connectivity index (χ4n) is 3.29. The lowest BCUT2D eigenvalue weighted by molar-refractivity contribution is 0.194. The summed E-state index contributed by atoms with van der Waals surface area (Å²) in [5.41, 5.74) is 2.75. The predicted octanol–water partition coefficient (Wildman–Crippen LogP) is 2.18. The van der Waals surface area contributed by atoms with Gasteiger partial charge in [0.1, 0.15) is 5.69 Å². The smallest absolute Gasteiger partial charge is 0.177 e. The number of aromatic nitrogens is 6. The predicted molar refractivity (Wildman–Crippen MR) is 91.0 cm³/mol. The molecule has 1 aliphatic rings. The van der Waals surface area contributed by atoms with Crippen LogP contribution in [0.4, 0.5) is 0 Å². The van der Waals surface area contributed by atoms with Gasteiger partial charge in [-0.25, -0.2) is 4.63 Å². The Hall–Kier alpha value is -2.35. The molecule has 0 N–H and O–H groups in total. The van der Waals surface area contributed by atoms with Gasteiger partial charge < -0.3 is 0 Å². The van der Waals surface area contributed by atoms with Crippen LogP contribution < -0.4 is 0 Å². The zero-order valence-electron chi connectivity index (χ0n) is 14.9. The third kappa shape index (κ3) is 3.26. The Morgan fingerprint density at radius 3 is 2.64 bits per heavy atom. The van der Waals surface area contributed by atoms with Crippen molar-refractivity contribution in [1.29, 1.82) is 0 Å². The first-order chi connectivity index (χ1) is 12.0. The van der Waals surface area contributed by atoms with Crippen molar-refractivity contribution in [2.24, 2.45) is 0 Å². The first-order valence-corrected chi connectivity index (χ1v) is 8.72. The van der Waals surface area contributed by atoms with Gasteiger partial charge in [0.25, 0.3) is 0 Å². The van der Waals surface area contributed by atoms with E-state index in [-0.39, 0.29) is 5.41 Å². The molecule has 0 bridgehead atoms. The second-order valence-electron chi connectivity index (χ2n) is 7.75. The molecule has 3 aromatic heterocycles. The van der Waals surface area contributed by atoms with E-state index in [1.807, 2.05) is 16.6 Å². The molecule has 25 heavy (non-hydrogen) atoms. The highest BCUT2D eigenvalue weighted by Gasteiger charge is 2.26. The minimum atomic E-state index is 0.00469. The molecule has 0 radical (unpaired) electrons. The van der Waals surface area contributed by atoms with E-state index in [1.165, 1.54) is 0 Å². The maximum Gasteiger partial charge on any atom is 0.177 e. The van der Waals surface area contributed by atoms with Crippen LogP contribution in [-0.4, -0.2) is 48.1 Å². The molecule has 0 spiro atoms. The Balaban J connectivity index is 1.51. The van der Waals surface area contributed by atoms with Gasteiger partial charge >= 0.3 is 0 Å². The molecule has 0 saturated carbocycles. The zero-order valence-corrected chi connectivity index (χ0v) is 14.9. The lowest BCUT2D eigenvalue weighted by Crippen LogP contribution is -2.33. The SMILES string of the molecule is CC(C)(C)c1ccc2nnc(C3CCN(Cc4cnon4)CC3)n2n1. The molecule has 132 valence electrons. The minimum Gasteiger partial charge on any atom is -0.297 e. The second kappa shape index (κ2) is 6.18. The average Bonchev–Trinajstić information content (AvgIpc) is 3.23. The first kappa shape index (κ1) is 16.1. The number of hydrogen-bond donors (Lipinski definition) is 0. The van der Waals surface area contributed by atoms with Crippen LogP contribution in [0.15, 0.2) is 23.0 Å². The van der Waals surface area contributed by atoms with Crippen molar-refractivity contribution in [2.45, 2.75) is 51.5 Å². The van der Waals surface area contributed by atoms with Gasteiger partial charge in [-0.1, -0.05) is 31.1 Å². The second-order valence-corrected chi connectivity index (χ2v) is 7.75. The van der Waals surface area contributed by atoms with E-state index in [9.17, 15) is 0 Å². The van der Waals surface area contributed by atoms with E-state index in [2.05, 4.69) is 50.8 Å². The van der Waals surface area contributed by atoms with Gasteiger partial charge in [-0.05, 0) is 38.1 Å². The Morgan fingerprint density at radius 1 is 1.16 bits per heavy atom. The average molecular weight is 341 g/mol. The van der Waals surface area contributed by atoms with E-state index >= 15 is 0 Å². The Bertz CT molecular complexity index is 842. The summed E-state index contributed by atoms with van der Waals surface area (Å²) >= 11 is 0. The van der Waals surface area contributed by atoms with Gasteiger partial charge in [0.2, 0.25) is 0 Å². The van der Waals surface area contributed by atoms with Gasteiger partial charge in [-0.15, -0.1) is 10.2 Å². The summed E-state index contributed by atoms with van der Waals surface area (Å²) in [6.07, 6.45) is 3.75. The molecule has 1 fully saturated rings. The normalized spacial score (nSPS) is 17.4. The van der Waals surface area contributed by atoms with Crippen LogP contribution in [0.2, 0.25) is 0 Å². The summed E-state index contributed by atoms with van der Waals surface area (Å²) in [5, 5.41) is 21.1. The molecule has 0 atom stereocenters. The largest absolute Gasteiger partial charge is 0.297 e. The molecule has 1 saturated heterocycles. The summed E-state index contributed by atoms with van der Waals surface area (Å²) in [5.74, 6) is 1.35. The molecular weight excluding hydrogens is 318 g/mol. The fourth-order valence-corrected chi connectivity index (χ4v) is 3.29. The maximum atomic E-state index is 4.81.